The number of hydrogen-bond acceptors (Lipinski definition) is 6. The van der Waals surface area contributed by atoms with Crippen LogP contribution in [0.15, 0.2) is 0 Å². The van der Waals surface area contributed by atoms with E-state index in [0.717, 1.165) is 69.6 Å². The fraction of sp³-hybridized carbons (Fsp3) is 0.946. The van der Waals surface area contributed by atoms with Crippen LogP contribution in [0.5, 0.6) is 0 Å². The van der Waals surface area contributed by atoms with Crippen LogP contribution in [0.4, 0.5) is 0 Å². The third kappa shape index (κ3) is 49.4. The normalized spacial score (nSPS) is 12.0. The van der Waals surface area contributed by atoms with E-state index in [0.29, 0.717) is 19.3 Å². The molecule has 6 heteroatoms. The molecule has 0 spiro atoms. The van der Waals surface area contributed by atoms with Crippen LogP contribution in [0.1, 0.15) is 311 Å². The molecule has 0 aliphatic carbocycles. The minimum absolute atomic E-state index is 0.0635. The van der Waals surface area contributed by atoms with Crippen molar-refractivity contribution in [1.29, 1.82) is 0 Å². The molecule has 0 fully saturated rings. The first-order valence-corrected chi connectivity index (χ1v) is 27.7. The summed E-state index contributed by atoms with van der Waals surface area (Å²) in [5, 5.41) is 0. The Morgan fingerprint density at radius 2 is 0.532 bits per heavy atom. The number of rotatable bonds is 50. The van der Waals surface area contributed by atoms with Gasteiger partial charge in [-0.3, -0.25) is 14.4 Å². The molecule has 0 rings (SSSR count). The van der Waals surface area contributed by atoms with Crippen molar-refractivity contribution < 1.29 is 28.6 Å². The van der Waals surface area contributed by atoms with E-state index >= 15 is 0 Å². The molecule has 0 saturated heterocycles. The first-order valence-electron chi connectivity index (χ1n) is 27.7. The van der Waals surface area contributed by atoms with E-state index < -0.39 is 6.10 Å². The van der Waals surface area contributed by atoms with E-state index in [1.54, 1.807) is 0 Å². The Bertz CT molecular complexity index is 947. The number of esters is 3. The van der Waals surface area contributed by atoms with E-state index in [1.165, 1.54) is 199 Å². The molecule has 0 heterocycles. The van der Waals surface area contributed by atoms with Crippen molar-refractivity contribution >= 4 is 17.9 Å². The summed E-state index contributed by atoms with van der Waals surface area (Å²) >= 11 is 0. The SMILES string of the molecule is CCCCCCCCCCCCCCCCCCCC(=O)O[C@@H](COC(=O)CCCCCCCCCCCCCCCC(C)C)COC(=O)CCCCCCCCCCC(C)C. The third-order valence-electron chi connectivity index (χ3n) is 12.7. The molecule has 0 amide bonds. The van der Waals surface area contributed by atoms with E-state index in [1.807, 2.05) is 0 Å². The van der Waals surface area contributed by atoms with Crippen molar-refractivity contribution in [2.24, 2.45) is 11.8 Å². The van der Waals surface area contributed by atoms with Crippen LogP contribution in [-0.4, -0.2) is 37.2 Å². The van der Waals surface area contributed by atoms with Crippen molar-refractivity contribution in [3.8, 4) is 0 Å². The highest BCUT2D eigenvalue weighted by Gasteiger charge is 2.19. The van der Waals surface area contributed by atoms with Crippen LogP contribution >= 0.6 is 0 Å². The summed E-state index contributed by atoms with van der Waals surface area (Å²) < 4.78 is 16.8. The van der Waals surface area contributed by atoms with Gasteiger partial charge in [-0.2, -0.15) is 0 Å². The molecular weight excluding hydrogens is 769 g/mol. The Kier molecular flexibility index (Phi) is 47.6. The Balaban J connectivity index is 4.28. The zero-order valence-corrected chi connectivity index (χ0v) is 42.5. The minimum atomic E-state index is -0.762. The van der Waals surface area contributed by atoms with Gasteiger partial charge in [0.1, 0.15) is 13.2 Å². The smallest absolute Gasteiger partial charge is 0.306 e. The standard InChI is InChI=1S/C56H108O6/c1-6-7-8-9-10-11-12-13-14-15-16-19-23-26-33-38-43-48-56(59)62-53(50-61-55(58)47-42-37-32-28-27-30-35-40-45-52(4)5)49-60-54(57)46-41-36-31-25-22-20-17-18-21-24-29-34-39-44-51(2)3/h51-53H,6-50H2,1-5H3/t53-/m0/s1. The maximum absolute atomic E-state index is 12.8. The lowest BCUT2D eigenvalue weighted by Crippen LogP contribution is -2.30. The number of carbonyl (C=O) groups is 3. The molecule has 6 nitrogen and oxygen atoms in total. The average Bonchev–Trinajstić information content (AvgIpc) is 3.24. The lowest BCUT2D eigenvalue weighted by atomic mass is 10.0. The van der Waals surface area contributed by atoms with Gasteiger partial charge in [-0.15, -0.1) is 0 Å². The van der Waals surface area contributed by atoms with Crippen molar-refractivity contribution in [3.63, 3.8) is 0 Å². The van der Waals surface area contributed by atoms with Gasteiger partial charge in [0.15, 0.2) is 6.10 Å². The van der Waals surface area contributed by atoms with Crippen molar-refractivity contribution in [2.75, 3.05) is 13.2 Å². The third-order valence-corrected chi connectivity index (χ3v) is 12.7. The molecule has 0 radical (unpaired) electrons. The second-order valence-corrected chi connectivity index (χ2v) is 20.2. The summed E-state index contributed by atoms with van der Waals surface area (Å²) in [6, 6.07) is 0. The molecule has 0 N–H and O–H groups in total. The summed E-state index contributed by atoms with van der Waals surface area (Å²) in [5.41, 5.74) is 0. The number of unbranched alkanes of at least 4 members (excludes halogenated alkanes) is 35. The fourth-order valence-corrected chi connectivity index (χ4v) is 8.52. The Morgan fingerprint density at radius 3 is 0.790 bits per heavy atom. The molecule has 0 saturated carbocycles. The second-order valence-electron chi connectivity index (χ2n) is 20.2. The van der Waals surface area contributed by atoms with E-state index in [4.69, 9.17) is 14.2 Å². The predicted molar refractivity (Wildman–Crippen MR) is 266 cm³/mol. The van der Waals surface area contributed by atoms with Crippen LogP contribution in [0, 0.1) is 11.8 Å². The fourth-order valence-electron chi connectivity index (χ4n) is 8.52. The van der Waals surface area contributed by atoms with Crippen LogP contribution in [0.2, 0.25) is 0 Å². The van der Waals surface area contributed by atoms with Crippen molar-refractivity contribution in [1.82, 2.24) is 0 Å². The Morgan fingerprint density at radius 1 is 0.306 bits per heavy atom. The van der Waals surface area contributed by atoms with Crippen molar-refractivity contribution in [2.45, 2.75) is 317 Å². The van der Waals surface area contributed by atoms with Crippen molar-refractivity contribution in [3.05, 3.63) is 0 Å². The highest BCUT2D eigenvalue weighted by atomic mass is 16.6. The minimum Gasteiger partial charge on any atom is -0.462 e. The molecule has 0 bridgehead atoms. The Labute approximate surface area is 387 Å². The van der Waals surface area contributed by atoms with E-state index in [2.05, 4.69) is 34.6 Å². The van der Waals surface area contributed by atoms with E-state index in [-0.39, 0.29) is 31.1 Å². The van der Waals surface area contributed by atoms with Gasteiger partial charge in [0, 0.05) is 19.3 Å². The maximum Gasteiger partial charge on any atom is 0.306 e. The average molecular weight is 877 g/mol. The molecule has 0 aromatic carbocycles. The summed E-state index contributed by atoms with van der Waals surface area (Å²) in [6.45, 7) is 11.4. The van der Waals surface area contributed by atoms with Gasteiger partial charge in [-0.1, -0.05) is 272 Å². The summed E-state index contributed by atoms with van der Waals surface area (Å²) in [5.74, 6) is 0.791. The summed E-state index contributed by atoms with van der Waals surface area (Å²) in [6.07, 6.45) is 51.0. The number of carbonyl (C=O) groups excluding carboxylic acids is 3. The lowest BCUT2D eigenvalue weighted by Gasteiger charge is -2.18. The maximum atomic E-state index is 12.8. The molecule has 1 atom stereocenters. The van der Waals surface area contributed by atoms with Gasteiger partial charge in [-0.05, 0) is 31.1 Å². The highest BCUT2D eigenvalue weighted by Crippen LogP contribution is 2.18. The van der Waals surface area contributed by atoms with E-state index in [9.17, 15) is 14.4 Å². The molecule has 62 heavy (non-hydrogen) atoms. The Hall–Kier alpha value is -1.59. The highest BCUT2D eigenvalue weighted by molar-refractivity contribution is 5.71. The van der Waals surface area contributed by atoms with Crippen LogP contribution in [0.3, 0.4) is 0 Å². The van der Waals surface area contributed by atoms with Gasteiger partial charge in [0.2, 0.25) is 0 Å². The lowest BCUT2D eigenvalue weighted by molar-refractivity contribution is -0.167. The van der Waals surface area contributed by atoms with Gasteiger partial charge in [0.25, 0.3) is 0 Å². The summed E-state index contributed by atoms with van der Waals surface area (Å²) in [7, 11) is 0. The molecule has 0 aromatic heterocycles. The molecule has 0 aliphatic rings. The number of hydrogen-bond donors (Lipinski definition) is 0. The molecule has 0 unspecified atom stereocenters. The molecule has 0 aromatic rings. The van der Waals surface area contributed by atoms with Gasteiger partial charge in [0.05, 0.1) is 0 Å². The quantitative estimate of drug-likeness (QED) is 0.0344. The molecular formula is C56H108O6. The second kappa shape index (κ2) is 48.9. The van der Waals surface area contributed by atoms with Gasteiger partial charge in [-0.25, -0.2) is 0 Å². The van der Waals surface area contributed by atoms with Crippen LogP contribution in [-0.2, 0) is 28.6 Å². The number of ether oxygens (including phenoxy) is 3. The van der Waals surface area contributed by atoms with Crippen LogP contribution in [0.25, 0.3) is 0 Å². The molecule has 368 valence electrons. The zero-order valence-electron chi connectivity index (χ0n) is 42.5. The predicted octanol–water partition coefficient (Wildman–Crippen LogP) is 18.1. The molecule has 0 aliphatic heterocycles. The van der Waals surface area contributed by atoms with Gasteiger partial charge < -0.3 is 14.2 Å². The van der Waals surface area contributed by atoms with Gasteiger partial charge >= 0.3 is 17.9 Å². The summed E-state index contributed by atoms with van der Waals surface area (Å²) in [4.78, 5) is 38.0. The first-order chi connectivity index (χ1) is 30.2. The zero-order chi connectivity index (χ0) is 45.4. The monoisotopic (exact) mass is 877 g/mol. The largest absolute Gasteiger partial charge is 0.462 e. The topological polar surface area (TPSA) is 78.9 Å². The first kappa shape index (κ1) is 60.4. The van der Waals surface area contributed by atoms with Crippen LogP contribution < -0.4 is 0 Å².